The minimum atomic E-state index is 0.0994. The molecule has 220 valence electrons. The first-order chi connectivity index (χ1) is 18.4. The van der Waals surface area contributed by atoms with Gasteiger partial charge >= 0.3 is 0 Å². The molecule has 3 aliphatic rings. The summed E-state index contributed by atoms with van der Waals surface area (Å²) in [6.45, 7) is 13.9. The van der Waals surface area contributed by atoms with E-state index in [9.17, 15) is 4.79 Å². The molecule has 0 radical (unpaired) electrons. The molecule has 3 aliphatic heterocycles. The van der Waals surface area contributed by atoms with Crippen molar-refractivity contribution in [2.75, 3.05) is 85.1 Å². The van der Waals surface area contributed by atoms with E-state index in [1.807, 2.05) is 0 Å². The van der Waals surface area contributed by atoms with Crippen molar-refractivity contribution >= 4 is 5.91 Å². The highest BCUT2D eigenvalue weighted by molar-refractivity contribution is 5.77. The number of hydrogen-bond donors (Lipinski definition) is 7. The molecule has 3 heterocycles. The van der Waals surface area contributed by atoms with Crippen molar-refractivity contribution in [2.45, 2.75) is 96.3 Å². The second kappa shape index (κ2) is 29.8. The first-order valence-corrected chi connectivity index (χ1v) is 15.9. The minimum Gasteiger partial charge on any atom is -0.354 e. The molecule has 0 aromatic heterocycles. The predicted molar refractivity (Wildman–Crippen MR) is 159 cm³/mol. The first kappa shape index (κ1) is 34.3. The molecule has 0 aromatic carbocycles. The third-order valence-corrected chi connectivity index (χ3v) is 6.95. The quantitative estimate of drug-likeness (QED) is 0.261. The highest BCUT2D eigenvalue weighted by Gasteiger charge is 2.00. The Labute approximate surface area is 229 Å². The second-order valence-electron chi connectivity index (χ2n) is 10.6. The Morgan fingerprint density at radius 2 is 0.568 bits per heavy atom. The zero-order valence-corrected chi connectivity index (χ0v) is 24.2. The maximum Gasteiger partial charge on any atom is 0.234 e. The molecule has 0 bridgehead atoms. The summed E-state index contributed by atoms with van der Waals surface area (Å²) in [6.07, 6.45) is 19.9. The van der Waals surface area contributed by atoms with Crippen molar-refractivity contribution in [3.05, 3.63) is 0 Å². The van der Waals surface area contributed by atoms with Gasteiger partial charge in [0.25, 0.3) is 0 Å². The van der Waals surface area contributed by atoms with Crippen molar-refractivity contribution in [3.63, 3.8) is 0 Å². The third-order valence-electron chi connectivity index (χ3n) is 6.95. The van der Waals surface area contributed by atoms with Gasteiger partial charge in [-0.1, -0.05) is 32.1 Å². The van der Waals surface area contributed by atoms with Crippen molar-refractivity contribution in [1.82, 2.24) is 37.2 Å². The van der Waals surface area contributed by atoms with Crippen LogP contribution in [-0.4, -0.2) is 91.0 Å². The fraction of sp³-hybridized carbons (Fsp3) is 0.966. The number of carbonyl (C=O) groups excluding carboxylic acids is 1. The molecule has 1 amide bonds. The van der Waals surface area contributed by atoms with E-state index in [0.717, 1.165) is 32.6 Å². The van der Waals surface area contributed by atoms with Crippen LogP contribution >= 0.6 is 0 Å². The Bertz CT molecular complexity index is 343. The number of nitrogens with one attached hydrogen (secondary N) is 7. The van der Waals surface area contributed by atoms with E-state index in [1.165, 1.54) is 142 Å². The molecule has 7 N–H and O–H groups in total. The van der Waals surface area contributed by atoms with E-state index in [0.29, 0.717) is 6.54 Å². The Morgan fingerprint density at radius 1 is 0.297 bits per heavy atom. The van der Waals surface area contributed by atoms with Gasteiger partial charge in [0.1, 0.15) is 0 Å². The van der Waals surface area contributed by atoms with Crippen LogP contribution in [0.2, 0.25) is 0 Å². The normalized spacial score (nSPS) is 23.5. The average molecular weight is 526 g/mol. The fourth-order valence-corrected chi connectivity index (χ4v) is 4.56. The molecular formula is C29H63N7O. The summed E-state index contributed by atoms with van der Waals surface area (Å²) >= 11 is 0. The van der Waals surface area contributed by atoms with Crippen molar-refractivity contribution in [3.8, 4) is 0 Å². The molecule has 3 saturated heterocycles. The lowest BCUT2D eigenvalue weighted by Gasteiger charge is -2.10. The molecule has 0 atom stereocenters. The lowest BCUT2D eigenvalue weighted by Crippen LogP contribution is -2.38. The lowest BCUT2D eigenvalue weighted by atomic mass is 10.2. The molecule has 0 aromatic rings. The third kappa shape index (κ3) is 28.1. The van der Waals surface area contributed by atoms with Gasteiger partial charge in [-0.15, -0.1) is 0 Å². The van der Waals surface area contributed by atoms with Gasteiger partial charge < -0.3 is 37.2 Å². The molecule has 3 rings (SSSR count). The van der Waals surface area contributed by atoms with Crippen molar-refractivity contribution < 1.29 is 4.79 Å². The number of carbonyl (C=O) groups is 1. The monoisotopic (exact) mass is 526 g/mol. The molecule has 0 unspecified atom stereocenters. The topological polar surface area (TPSA) is 101 Å². The van der Waals surface area contributed by atoms with Gasteiger partial charge in [-0.05, 0) is 130 Å². The van der Waals surface area contributed by atoms with Crippen LogP contribution in [0.3, 0.4) is 0 Å². The van der Waals surface area contributed by atoms with Gasteiger partial charge in [-0.3, -0.25) is 4.79 Å². The largest absolute Gasteiger partial charge is 0.354 e. The van der Waals surface area contributed by atoms with E-state index < -0.39 is 0 Å². The van der Waals surface area contributed by atoms with Crippen LogP contribution in [0, 0.1) is 0 Å². The summed E-state index contributed by atoms with van der Waals surface area (Å²) in [5.41, 5.74) is 0. The summed E-state index contributed by atoms with van der Waals surface area (Å²) in [5, 5.41) is 23.2. The Kier molecular flexibility index (Phi) is 27.6. The van der Waals surface area contributed by atoms with E-state index in [2.05, 4.69) is 37.2 Å². The maximum atomic E-state index is 11.1. The van der Waals surface area contributed by atoms with E-state index in [-0.39, 0.29) is 5.91 Å². The number of amides is 1. The van der Waals surface area contributed by atoms with E-state index in [4.69, 9.17) is 0 Å². The average Bonchev–Trinajstić information content (AvgIpc) is 2.88. The SMILES string of the molecule is C1CCNCCCCCNCC1.C1CCNCCCCCNCC1.O=C1CNCCCCCNCCN1. The first-order valence-electron chi connectivity index (χ1n) is 15.9. The second-order valence-corrected chi connectivity index (χ2v) is 10.6. The minimum absolute atomic E-state index is 0.0994. The molecular weight excluding hydrogens is 462 g/mol. The van der Waals surface area contributed by atoms with Crippen molar-refractivity contribution in [1.29, 1.82) is 0 Å². The Morgan fingerprint density at radius 3 is 0.892 bits per heavy atom. The summed E-state index contributed by atoms with van der Waals surface area (Å²) < 4.78 is 0. The summed E-state index contributed by atoms with van der Waals surface area (Å²) in [7, 11) is 0. The van der Waals surface area contributed by atoms with Crippen molar-refractivity contribution in [2.24, 2.45) is 0 Å². The van der Waals surface area contributed by atoms with Gasteiger partial charge in [0.05, 0.1) is 6.54 Å². The van der Waals surface area contributed by atoms with Gasteiger partial charge in [0.2, 0.25) is 5.91 Å². The van der Waals surface area contributed by atoms with Gasteiger partial charge in [-0.2, -0.15) is 0 Å². The maximum absolute atomic E-state index is 11.1. The molecule has 0 aliphatic carbocycles. The highest BCUT2D eigenvalue weighted by Crippen LogP contribution is 1.98. The van der Waals surface area contributed by atoms with Crippen LogP contribution in [0.15, 0.2) is 0 Å². The van der Waals surface area contributed by atoms with E-state index >= 15 is 0 Å². The molecule has 0 saturated carbocycles. The van der Waals surface area contributed by atoms with Crippen LogP contribution in [0.1, 0.15) is 96.3 Å². The summed E-state index contributed by atoms with van der Waals surface area (Å²) in [4.78, 5) is 11.1. The van der Waals surface area contributed by atoms with Crippen LogP contribution in [0.25, 0.3) is 0 Å². The molecule has 3 fully saturated rings. The zero-order chi connectivity index (χ0) is 26.3. The molecule has 37 heavy (non-hydrogen) atoms. The lowest BCUT2D eigenvalue weighted by molar-refractivity contribution is -0.120. The summed E-state index contributed by atoms with van der Waals surface area (Å²) in [6, 6.07) is 0. The van der Waals surface area contributed by atoms with Gasteiger partial charge in [-0.25, -0.2) is 0 Å². The Balaban J connectivity index is 0.000000278. The van der Waals surface area contributed by atoms with Crippen LogP contribution in [0.4, 0.5) is 0 Å². The number of hydrogen-bond acceptors (Lipinski definition) is 7. The van der Waals surface area contributed by atoms with Crippen LogP contribution in [-0.2, 0) is 4.79 Å². The zero-order valence-electron chi connectivity index (χ0n) is 24.2. The van der Waals surface area contributed by atoms with Crippen LogP contribution < -0.4 is 37.2 Å². The predicted octanol–water partition coefficient (Wildman–Crippen LogP) is 2.51. The smallest absolute Gasteiger partial charge is 0.234 e. The van der Waals surface area contributed by atoms with Gasteiger partial charge in [0, 0.05) is 13.1 Å². The fourth-order valence-electron chi connectivity index (χ4n) is 4.56. The standard InChI is InChI=1S/2C10H22N2.C9H19N3O/c2*1-3-7-11-9-5-2-6-10-12-8-4-1;13-9-8-11-5-3-1-2-4-10-6-7-12-9/h2*11-12H,1-10H2;10-11H,1-8H2,(H,12,13). The molecule has 0 spiro atoms. The number of rotatable bonds is 0. The Hall–Kier alpha value is -0.770. The molecule has 8 heteroatoms. The summed E-state index contributed by atoms with van der Waals surface area (Å²) in [5.74, 6) is 0.0994. The van der Waals surface area contributed by atoms with Gasteiger partial charge in [0.15, 0.2) is 0 Å². The molecule has 8 nitrogen and oxygen atoms in total. The van der Waals surface area contributed by atoms with E-state index in [1.54, 1.807) is 0 Å². The van der Waals surface area contributed by atoms with Crippen LogP contribution in [0.5, 0.6) is 0 Å². The highest BCUT2D eigenvalue weighted by atomic mass is 16.1.